The van der Waals surface area contributed by atoms with Crippen LogP contribution in [0.2, 0.25) is 0 Å². The summed E-state index contributed by atoms with van der Waals surface area (Å²) in [5.41, 5.74) is 15.8. The summed E-state index contributed by atoms with van der Waals surface area (Å²) >= 11 is 0. The number of rotatable bonds is 11. The van der Waals surface area contributed by atoms with Crippen molar-refractivity contribution in [3.63, 3.8) is 0 Å². The Hall–Kier alpha value is -5.94. The van der Waals surface area contributed by atoms with Gasteiger partial charge in [0.2, 0.25) is 0 Å². The van der Waals surface area contributed by atoms with Crippen molar-refractivity contribution in [2.24, 2.45) is 0 Å². The van der Waals surface area contributed by atoms with Crippen LogP contribution in [0.3, 0.4) is 0 Å². The molecule has 8 aromatic carbocycles. The molecule has 0 aromatic heterocycles. The van der Waals surface area contributed by atoms with Crippen molar-refractivity contribution in [3.05, 3.63) is 239 Å². The molecule has 2 fully saturated rings. The molecule has 0 radical (unpaired) electrons. The molecule has 2 aliphatic carbocycles. The van der Waals surface area contributed by atoms with Crippen LogP contribution in [0, 0.1) is 0 Å². The number of hydrogen-bond donors (Lipinski definition) is 0. The van der Waals surface area contributed by atoms with Gasteiger partial charge in [0.1, 0.15) is 35.9 Å². The molecule has 338 valence electrons. The topological polar surface area (TPSA) is 55.4 Å². The molecule has 4 aliphatic rings. The SMILES string of the molecule is c1ccc(-c2cc3c(c(-c4c5c(cc(-c6ccccc6)c4OP4OC(c6ccccc6)C(c6ccccc6)O4)CCCC5)c2OP2OC(c4ccccc4)C(c4ccccc4)O2)CCCC3)cc1. The van der Waals surface area contributed by atoms with E-state index >= 15 is 0 Å². The Kier molecular flexibility index (Phi) is 12.5. The standard InChI is InChI=1S/C60H52O6P2/c1-7-23-41(24-8-1)51-39-47-35-19-21-37-49(47)53(59(51)65-67-61-55(43-27-11-3-12-28-43)56(62-67)44-29-13-4-14-30-44)54-50-38-22-20-36-48(50)40-52(42-25-9-2-10-26-42)60(54)66-68-63-57(45-31-15-5-16-32-45)58(64-68)46-33-17-6-18-34-46/h1-18,23-34,39-40,55-58H,19-22,35-38H2. The van der Waals surface area contributed by atoms with Crippen LogP contribution in [0.5, 0.6) is 11.5 Å². The van der Waals surface area contributed by atoms with Gasteiger partial charge in [0.15, 0.2) is 0 Å². The van der Waals surface area contributed by atoms with Gasteiger partial charge in [-0.3, -0.25) is 18.1 Å². The zero-order chi connectivity index (χ0) is 45.2. The van der Waals surface area contributed by atoms with Crippen LogP contribution in [0.25, 0.3) is 33.4 Å². The number of benzene rings is 8. The van der Waals surface area contributed by atoms with Gasteiger partial charge >= 0.3 is 17.2 Å². The molecule has 0 bridgehead atoms. The summed E-state index contributed by atoms with van der Waals surface area (Å²) in [6.07, 6.45) is 6.70. The van der Waals surface area contributed by atoms with Gasteiger partial charge in [0.25, 0.3) is 0 Å². The molecular formula is C60H52O6P2. The van der Waals surface area contributed by atoms with Crippen LogP contribution < -0.4 is 9.05 Å². The minimum atomic E-state index is -1.91. The largest absolute Gasteiger partial charge is 0.425 e. The summed E-state index contributed by atoms with van der Waals surface area (Å²) in [5.74, 6) is 1.52. The molecule has 68 heavy (non-hydrogen) atoms. The van der Waals surface area contributed by atoms with E-state index < -0.39 is 17.2 Å². The minimum Gasteiger partial charge on any atom is -0.425 e. The lowest BCUT2D eigenvalue weighted by Gasteiger charge is -2.31. The van der Waals surface area contributed by atoms with Gasteiger partial charge in [-0.15, -0.1) is 0 Å². The fourth-order valence-electron chi connectivity index (χ4n) is 10.5. The Bertz CT molecular complexity index is 2690. The molecule has 2 saturated heterocycles. The van der Waals surface area contributed by atoms with Gasteiger partial charge in [-0.2, -0.15) is 0 Å². The van der Waals surface area contributed by atoms with Crippen molar-refractivity contribution >= 4 is 17.2 Å². The second-order valence-corrected chi connectivity index (χ2v) is 20.2. The number of fused-ring (bicyclic) bond motifs is 2. The highest BCUT2D eigenvalue weighted by Gasteiger charge is 2.45. The third-order valence-electron chi connectivity index (χ3n) is 13.8. The maximum absolute atomic E-state index is 7.53. The zero-order valence-electron chi connectivity index (χ0n) is 37.8. The summed E-state index contributed by atoms with van der Waals surface area (Å²) in [7, 11) is -3.82. The molecule has 4 atom stereocenters. The van der Waals surface area contributed by atoms with Gasteiger partial charge in [-0.1, -0.05) is 182 Å². The first-order valence-corrected chi connectivity index (χ1v) is 26.2. The Morgan fingerprint density at radius 2 is 0.618 bits per heavy atom. The highest BCUT2D eigenvalue weighted by molar-refractivity contribution is 7.42. The van der Waals surface area contributed by atoms with Crippen LogP contribution in [-0.2, 0) is 43.8 Å². The molecule has 12 rings (SSSR count). The van der Waals surface area contributed by atoms with E-state index in [2.05, 4.69) is 170 Å². The van der Waals surface area contributed by atoms with Crippen LogP contribution in [0.1, 0.15) is 94.6 Å². The van der Waals surface area contributed by atoms with E-state index in [4.69, 9.17) is 27.1 Å². The fraction of sp³-hybridized carbons (Fsp3) is 0.200. The second-order valence-electron chi connectivity index (χ2n) is 18.1. The molecule has 8 aromatic rings. The van der Waals surface area contributed by atoms with Crippen molar-refractivity contribution in [1.29, 1.82) is 0 Å². The second kappa shape index (κ2) is 19.6. The third kappa shape index (κ3) is 8.60. The van der Waals surface area contributed by atoms with Crippen LogP contribution in [-0.4, -0.2) is 0 Å². The molecule has 8 heteroatoms. The van der Waals surface area contributed by atoms with E-state index in [0.29, 0.717) is 0 Å². The fourth-order valence-corrected chi connectivity index (χ4v) is 13.2. The lowest BCUT2D eigenvalue weighted by molar-refractivity contribution is 0.159. The van der Waals surface area contributed by atoms with E-state index in [1.807, 2.05) is 24.3 Å². The van der Waals surface area contributed by atoms with Crippen LogP contribution in [0.15, 0.2) is 194 Å². The van der Waals surface area contributed by atoms with E-state index in [-0.39, 0.29) is 24.4 Å². The maximum Gasteiger partial charge on any atom is 0.398 e. The lowest BCUT2D eigenvalue weighted by atomic mass is 9.77. The Morgan fingerprint density at radius 3 is 0.926 bits per heavy atom. The normalized spacial score (nSPS) is 22.0. The first-order chi connectivity index (χ1) is 33.7. The smallest absolute Gasteiger partial charge is 0.398 e. The number of aryl methyl sites for hydroxylation is 2. The van der Waals surface area contributed by atoms with Crippen LogP contribution in [0.4, 0.5) is 0 Å². The van der Waals surface area contributed by atoms with E-state index in [9.17, 15) is 0 Å². The van der Waals surface area contributed by atoms with Crippen molar-refractivity contribution < 1.29 is 27.1 Å². The first kappa shape index (κ1) is 43.3. The molecule has 0 spiro atoms. The van der Waals surface area contributed by atoms with E-state index in [1.54, 1.807) is 0 Å². The predicted octanol–water partition coefficient (Wildman–Crippen LogP) is 16.7. The Labute approximate surface area is 401 Å². The minimum absolute atomic E-state index is 0.367. The molecule has 0 amide bonds. The molecule has 6 nitrogen and oxygen atoms in total. The van der Waals surface area contributed by atoms with Gasteiger partial charge in [-0.25, -0.2) is 0 Å². The van der Waals surface area contributed by atoms with Crippen LogP contribution >= 0.6 is 17.2 Å². The van der Waals surface area contributed by atoms with Gasteiger partial charge in [-0.05, 0) is 119 Å². The monoisotopic (exact) mass is 930 g/mol. The average molecular weight is 931 g/mol. The molecule has 2 aliphatic heterocycles. The average Bonchev–Trinajstić information content (AvgIpc) is 4.05. The predicted molar refractivity (Wildman–Crippen MR) is 272 cm³/mol. The maximum atomic E-state index is 7.53. The van der Waals surface area contributed by atoms with Gasteiger partial charge in [0, 0.05) is 22.3 Å². The molecule has 0 N–H and O–H groups in total. The summed E-state index contributed by atoms with van der Waals surface area (Å²) in [6, 6.07) is 67.7. The lowest BCUT2D eigenvalue weighted by Crippen LogP contribution is -2.12. The zero-order valence-corrected chi connectivity index (χ0v) is 39.6. The van der Waals surface area contributed by atoms with Crippen molar-refractivity contribution in [2.75, 3.05) is 0 Å². The van der Waals surface area contributed by atoms with Gasteiger partial charge in [0.05, 0.1) is 0 Å². The Balaban J connectivity index is 1.07. The Morgan fingerprint density at radius 1 is 0.338 bits per heavy atom. The van der Waals surface area contributed by atoms with E-state index in [0.717, 1.165) is 119 Å². The summed E-state index contributed by atoms with van der Waals surface area (Å²) in [6.45, 7) is 0. The van der Waals surface area contributed by atoms with Crippen molar-refractivity contribution in [2.45, 2.75) is 75.8 Å². The summed E-state index contributed by atoms with van der Waals surface area (Å²) < 4.78 is 43.3. The molecule has 0 saturated carbocycles. The summed E-state index contributed by atoms with van der Waals surface area (Å²) in [5, 5.41) is 0. The molecular weight excluding hydrogens is 879 g/mol. The van der Waals surface area contributed by atoms with E-state index in [1.165, 1.54) is 22.3 Å². The highest BCUT2D eigenvalue weighted by atomic mass is 31.2. The first-order valence-electron chi connectivity index (χ1n) is 24.1. The quantitative estimate of drug-likeness (QED) is 0.120. The summed E-state index contributed by atoms with van der Waals surface area (Å²) in [4.78, 5) is 0. The molecule has 2 heterocycles. The van der Waals surface area contributed by atoms with Gasteiger partial charge < -0.3 is 9.05 Å². The van der Waals surface area contributed by atoms with Crippen molar-refractivity contribution in [3.8, 4) is 44.9 Å². The molecule has 4 unspecified atom stereocenters. The highest BCUT2D eigenvalue weighted by Crippen LogP contribution is 2.65. The number of hydrogen-bond acceptors (Lipinski definition) is 6. The van der Waals surface area contributed by atoms with Crippen molar-refractivity contribution in [1.82, 2.24) is 0 Å². The third-order valence-corrected chi connectivity index (χ3v) is 16.1.